The van der Waals surface area contributed by atoms with Crippen molar-refractivity contribution < 1.29 is 4.74 Å². The van der Waals surface area contributed by atoms with Crippen LogP contribution in [-0.4, -0.2) is 51.2 Å². The number of nitrogens with zero attached hydrogens (tertiary/aromatic N) is 5. The highest BCUT2D eigenvalue weighted by molar-refractivity contribution is 7.17. The van der Waals surface area contributed by atoms with E-state index in [2.05, 4.69) is 24.8 Å². The minimum atomic E-state index is 0.660. The van der Waals surface area contributed by atoms with Crippen LogP contribution in [0.15, 0.2) is 30.0 Å². The van der Waals surface area contributed by atoms with Gasteiger partial charge in [-0.3, -0.25) is 0 Å². The predicted octanol–water partition coefficient (Wildman–Crippen LogP) is 2.47. The second-order valence-corrected chi connectivity index (χ2v) is 6.43. The van der Waals surface area contributed by atoms with Crippen molar-refractivity contribution in [1.82, 2.24) is 24.9 Å². The highest BCUT2D eigenvalue weighted by Gasteiger charge is 2.20. The number of morpholine rings is 1. The van der Waals surface area contributed by atoms with Crippen molar-refractivity contribution in [3.05, 3.63) is 30.0 Å². The number of aromatic amines is 1. The number of ether oxygens (including phenoxy) is 1. The molecule has 120 valence electrons. The quantitative estimate of drug-likeness (QED) is 0.605. The summed E-state index contributed by atoms with van der Waals surface area (Å²) in [7, 11) is 0. The van der Waals surface area contributed by atoms with E-state index in [0.717, 1.165) is 45.9 Å². The molecule has 4 heterocycles. The van der Waals surface area contributed by atoms with Crippen molar-refractivity contribution in [1.29, 1.82) is 0 Å². The monoisotopic (exact) mass is 338 g/mol. The van der Waals surface area contributed by atoms with Gasteiger partial charge in [0.15, 0.2) is 17.3 Å². The predicted molar refractivity (Wildman–Crippen MR) is 93.3 cm³/mol. The topological polar surface area (TPSA) is 79.8 Å². The fourth-order valence-corrected chi connectivity index (χ4v) is 3.75. The van der Waals surface area contributed by atoms with Crippen LogP contribution < -0.4 is 4.90 Å². The van der Waals surface area contributed by atoms with Crippen molar-refractivity contribution in [2.24, 2.45) is 0 Å². The summed E-state index contributed by atoms with van der Waals surface area (Å²) in [5, 5.41) is 0. The maximum absolute atomic E-state index is 5.47. The molecule has 0 bridgehead atoms. The van der Waals surface area contributed by atoms with Gasteiger partial charge in [-0.2, -0.15) is 0 Å². The molecule has 1 fully saturated rings. The van der Waals surface area contributed by atoms with E-state index in [-0.39, 0.29) is 0 Å². The molecular formula is C16H14N6OS. The number of imidazole rings is 1. The highest BCUT2D eigenvalue weighted by Crippen LogP contribution is 2.32. The molecule has 7 nitrogen and oxygen atoms in total. The second-order valence-electron chi connectivity index (χ2n) is 5.58. The molecule has 1 aliphatic rings. The van der Waals surface area contributed by atoms with E-state index < -0.39 is 0 Å². The largest absolute Gasteiger partial charge is 0.378 e. The fourth-order valence-electron chi connectivity index (χ4n) is 3.00. The molecule has 1 N–H and O–H groups in total. The second kappa shape index (κ2) is 5.50. The van der Waals surface area contributed by atoms with Crippen molar-refractivity contribution in [3.63, 3.8) is 0 Å². The van der Waals surface area contributed by atoms with Crippen LogP contribution in [0.4, 0.5) is 5.82 Å². The van der Waals surface area contributed by atoms with Crippen LogP contribution in [-0.2, 0) is 4.74 Å². The Morgan fingerprint density at radius 1 is 1.12 bits per heavy atom. The van der Waals surface area contributed by atoms with Gasteiger partial charge in [0.05, 0.1) is 36.1 Å². The Morgan fingerprint density at radius 3 is 2.96 bits per heavy atom. The normalized spacial score (nSPS) is 15.4. The number of nitrogens with one attached hydrogen (secondary N) is 1. The molecule has 5 rings (SSSR count). The van der Waals surface area contributed by atoms with Gasteiger partial charge in [0.25, 0.3) is 0 Å². The number of rotatable bonds is 2. The number of hydrogen-bond acceptors (Lipinski definition) is 7. The Bertz CT molecular complexity index is 1020. The molecule has 0 aliphatic carbocycles. The highest BCUT2D eigenvalue weighted by atomic mass is 32.1. The van der Waals surface area contributed by atoms with E-state index in [4.69, 9.17) is 9.72 Å². The molecule has 0 atom stereocenters. The average molecular weight is 338 g/mol. The van der Waals surface area contributed by atoms with Crippen molar-refractivity contribution in [2.45, 2.75) is 0 Å². The molecule has 1 aromatic carbocycles. The summed E-state index contributed by atoms with van der Waals surface area (Å²) < 4.78 is 6.49. The molecule has 0 radical (unpaired) electrons. The Morgan fingerprint density at radius 2 is 2.04 bits per heavy atom. The zero-order valence-corrected chi connectivity index (χ0v) is 13.6. The van der Waals surface area contributed by atoms with Crippen LogP contribution >= 0.6 is 11.3 Å². The van der Waals surface area contributed by atoms with E-state index >= 15 is 0 Å². The third-order valence-electron chi connectivity index (χ3n) is 4.18. The number of para-hydroxylation sites is 1. The van der Waals surface area contributed by atoms with Gasteiger partial charge < -0.3 is 14.6 Å². The van der Waals surface area contributed by atoms with E-state index in [1.54, 1.807) is 17.7 Å². The summed E-state index contributed by atoms with van der Waals surface area (Å²) in [6.07, 6.45) is 1.69. The lowest BCUT2D eigenvalue weighted by atomic mass is 10.1. The van der Waals surface area contributed by atoms with Crippen LogP contribution in [0.2, 0.25) is 0 Å². The Kier molecular flexibility index (Phi) is 3.17. The third-order valence-corrected chi connectivity index (χ3v) is 4.99. The molecule has 0 saturated carbocycles. The zero-order chi connectivity index (χ0) is 15.9. The van der Waals surface area contributed by atoms with E-state index in [9.17, 15) is 0 Å². The molecule has 4 aromatic rings. The number of benzene rings is 1. The molecule has 0 spiro atoms. The summed E-state index contributed by atoms with van der Waals surface area (Å²) in [5.74, 6) is 1.60. The Labute approximate surface area is 141 Å². The molecule has 1 aliphatic heterocycles. The third kappa shape index (κ3) is 2.15. The summed E-state index contributed by atoms with van der Waals surface area (Å²) in [6, 6.07) is 5.98. The lowest BCUT2D eigenvalue weighted by Gasteiger charge is -2.28. The van der Waals surface area contributed by atoms with Crippen LogP contribution in [0.1, 0.15) is 0 Å². The van der Waals surface area contributed by atoms with Crippen molar-refractivity contribution >= 4 is 38.5 Å². The summed E-state index contributed by atoms with van der Waals surface area (Å²) in [6.45, 7) is 3.09. The zero-order valence-electron chi connectivity index (χ0n) is 12.8. The van der Waals surface area contributed by atoms with Gasteiger partial charge in [0, 0.05) is 18.7 Å². The van der Waals surface area contributed by atoms with Crippen molar-refractivity contribution in [2.75, 3.05) is 31.2 Å². The van der Waals surface area contributed by atoms with Gasteiger partial charge in [-0.15, -0.1) is 11.3 Å². The minimum Gasteiger partial charge on any atom is -0.378 e. The van der Waals surface area contributed by atoms with Gasteiger partial charge in [0.1, 0.15) is 4.70 Å². The fraction of sp³-hybridized carbons (Fsp3) is 0.250. The van der Waals surface area contributed by atoms with Gasteiger partial charge in [-0.25, -0.2) is 19.9 Å². The molecule has 0 unspecified atom stereocenters. The van der Waals surface area contributed by atoms with E-state index in [1.165, 1.54) is 0 Å². The lowest BCUT2D eigenvalue weighted by Crippen LogP contribution is -2.36. The molecule has 0 amide bonds. The summed E-state index contributed by atoms with van der Waals surface area (Å²) >= 11 is 1.58. The van der Waals surface area contributed by atoms with Gasteiger partial charge in [-0.05, 0) is 12.1 Å². The number of thiazole rings is 1. The van der Waals surface area contributed by atoms with Crippen LogP contribution in [0.3, 0.4) is 0 Å². The maximum atomic E-state index is 5.47. The maximum Gasteiger partial charge on any atom is 0.176 e. The first kappa shape index (κ1) is 13.8. The SMILES string of the molecule is c1cc(-c2nc(N3CCOCC3)c3scnc3n2)c2nc[nH]c2c1. The van der Waals surface area contributed by atoms with Crippen LogP contribution in [0.25, 0.3) is 32.8 Å². The Hall–Kier alpha value is -2.58. The number of anilines is 1. The lowest BCUT2D eigenvalue weighted by molar-refractivity contribution is 0.122. The van der Waals surface area contributed by atoms with E-state index in [0.29, 0.717) is 19.0 Å². The first-order chi connectivity index (χ1) is 11.9. The summed E-state index contributed by atoms with van der Waals surface area (Å²) in [5.41, 5.74) is 5.32. The smallest absolute Gasteiger partial charge is 0.176 e. The number of fused-ring (bicyclic) bond motifs is 2. The van der Waals surface area contributed by atoms with Gasteiger partial charge in [-0.1, -0.05) is 6.07 Å². The first-order valence-electron chi connectivity index (χ1n) is 7.76. The Balaban J connectivity index is 1.73. The van der Waals surface area contributed by atoms with Crippen LogP contribution in [0.5, 0.6) is 0 Å². The van der Waals surface area contributed by atoms with Crippen LogP contribution in [0, 0.1) is 0 Å². The first-order valence-corrected chi connectivity index (χ1v) is 8.64. The van der Waals surface area contributed by atoms with Gasteiger partial charge in [0.2, 0.25) is 0 Å². The molecule has 3 aromatic heterocycles. The average Bonchev–Trinajstić information content (AvgIpc) is 3.30. The van der Waals surface area contributed by atoms with E-state index in [1.807, 2.05) is 23.7 Å². The summed E-state index contributed by atoms with van der Waals surface area (Å²) in [4.78, 5) is 23.7. The number of aromatic nitrogens is 5. The van der Waals surface area contributed by atoms with Gasteiger partial charge >= 0.3 is 0 Å². The molecular weight excluding hydrogens is 324 g/mol. The molecule has 24 heavy (non-hydrogen) atoms. The minimum absolute atomic E-state index is 0.660. The number of hydrogen-bond donors (Lipinski definition) is 1. The van der Waals surface area contributed by atoms with Crippen molar-refractivity contribution in [3.8, 4) is 11.4 Å². The standard InChI is InChI=1S/C16H14N6OS/c1-2-10(12-11(3-1)17-8-18-12)14-20-15-13(24-9-19-15)16(21-14)22-4-6-23-7-5-22/h1-3,8-9H,4-7H2,(H,17,18). The molecule has 8 heteroatoms. The number of H-pyrrole nitrogens is 1. The molecule has 1 saturated heterocycles.